The Morgan fingerprint density at radius 1 is 1.06 bits per heavy atom. The molecule has 0 aliphatic heterocycles. The van der Waals surface area contributed by atoms with E-state index in [1.807, 2.05) is 18.2 Å². The van der Waals surface area contributed by atoms with Crippen molar-refractivity contribution in [1.29, 1.82) is 0 Å². The first-order valence-corrected chi connectivity index (χ1v) is 11.0. The second-order valence-corrected chi connectivity index (χ2v) is 8.23. The van der Waals surface area contributed by atoms with Crippen LogP contribution in [0.3, 0.4) is 0 Å². The number of aromatic nitrogens is 5. The van der Waals surface area contributed by atoms with Gasteiger partial charge in [0, 0.05) is 30.5 Å². The molecule has 1 N–H and O–H groups in total. The number of ether oxygens (including phenoxy) is 1. The molecule has 0 aliphatic rings. The molecule has 5 aromatic rings. The molecular formula is C25H19ClN6O3. The quantitative estimate of drug-likeness (QED) is 0.384. The van der Waals surface area contributed by atoms with Crippen molar-refractivity contribution in [1.82, 2.24) is 24.3 Å². The van der Waals surface area contributed by atoms with E-state index in [0.29, 0.717) is 39.8 Å². The Morgan fingerprint density at radius 3 is 2.71 bits per heavy atom. The SMILES string of the molecule is Cn1ccc(C(=O)Nc2cc(Oc3ccc4ncn(Cc5cccc(Cl)c5)c(=O)c4c3)ccn2)n1. The molecule has 0 saturated carbocycles. The van der Waals surface area contributed by atoms with Crippen LogP contribution in [0.2, 0.25) is 5.02 Å². The molecule has 2 aromatic carbocycles. The van der Waals surface area contributed by atoms with E-state index in [2.05, 4.69) is 20.4 Å². The topological polar surface area (TPSA) is 104 Å². The van der Waals surface area contributed by atoms with Crippen LogP contribution in [-0.4, -0.2) is 30.2 Å². The van der Waals surface area contributed by atoms with Crippen molar-refractivity contribution >= 4 is 34.2 Å². The van der Waals surface area contributed by atoms with E-state index in [9.17, 15) is 9.59 Å². The van der Waals surface area contributed by atoms with Crippen molar-refractivity contribution in [2.24, 2.45) is 7.05 Å². The average molecular weight is 487 g/mol. The van der Waals surface area contributed by atoms with Gasteiger partial charge in [0.15, 0.2) is 5.69 Å². The van der Waals surface area contributed by atoms with Crippen molar-refractivity contribution < 1.29 is 9.53 Å². The number of fused-ring (bicyclic) bond motifs is 1. The molecule has 9 nitrogen and oxygen atoms in total. The summed E-state index contributed by atoms with van der Waals surface area (Å²) in [5.41, 5.74) is 1.53. The van der Waals surface area contributed by atoms with Crippen LogP contribution in [0.15, 0.2) is 84.2 Å². The Bertz CT molecular complexity index is 1610. The number of amides is 1. The minimum Gasteiger partial charge on any atom is -0.457 e. The summed E-state index contributed by atoms with van der Waals surface area (Å²) >= 11 is 6.06. The van der Waals surface area contributed by atoms with E-state index >= 15 is 0 Å². The number of benzene rings is 2. The zero-order valence-corrected chi connectivity index (χ0v) is 19.3. The number of halogens is 1. The zero-order chi connectivity index (χ0) is 24.4. The number of carbonyl (C=O) groups excluding carboxylic acids is 1. The van der Waals surface area contributed by atoms with E-state index < -0.39 is 0 Å². The highest BCUT2D eigenvalue weighted by Gasteiger charge is 2.11. The number of rotatable bonds is 6. The maximum atomic E-state index is 13.1. The van der Waals surface area contributed by atoms with Gasteiger partial charge in [0.1, 0.15) is 17.3 Å². The fraction of sp³-hybridized carbons (Fsp3) is 0.0800. The van der Waals surface area contributed by atoms with E-state index in [-0.39, 0.29) is 17.2 Å². The summed E-state index contributed by atoms with van der Waals surface area (Å²) in [6.07, 6.45) is 4.72. The highest BCUT2D eigenvalue weighted by atomic mass is 35.5. The van der Waals surface area contributed by atoms with Crippen molar-refractivity contribution in [3.63, 3.8) is 0 Å². The molecule has 3 aromatic heterocycles. The predicted molar refractivity (Wildman–Crippen MR) is 132 cm³/mol. The monoisotopic (exact) mass is 486 g/mol. The first kappa shape index (κ1) is 22.3. The van der Waals surface area contributed by atoms with Crippen molar-refractivity contribution in [2.75, 3.05) is 5.32 Å². The third-order valence-corrected chi connectivity index (χ3v) is 5.43. The summed E-state index contributed by atoms with van der Waals surface area (Å²) in [6.45, 7) is 0.344. The highest BCUT2D eigenvalue weighted by Crippen LogP contribution is 2.25. The second-order valence-electron chi connectivity index (χ2n) is 7.79. The lowest BCUT2D eigenvalue weighted by Crippen LogP contribution is -2.21. The Labute approximate surface area is 204 Å². The van der Waals surface area contributed by atoms with Gasteiger partial charge in [0.2, 0.25) is 0 Å². The number of hydrogen-bond donors (Lipinski definition) is 1. The molecule has 1 amide bonds. The molecule has 0 unspecified atom stereocenters. The lowest BCUT2D eigenvalue weighted by atomic mass is 10.2. The smallest absolute Gasteiger partial charge is 0.277 e. The van der Waals surface area contributed by atoms with Crippen LogP contribution in [-0.2, 0) is 13.6 Å². The van der Waals surface area contributed by atoms with Gasteiger partial charge in [-0.3, -0.25) is 18.8 Å². The summed E-state index contributed by atoms with van der Waals surface area (Å²) in [5.74, 6) is 0.820. The molecule has 5 rings (SSSR count). The van der Waals surface area contributed by atoms with Gasteiger partial charge in [-0.1, -0.05) is 23.7 Å². The van der Waals surface area contributed by atoms with Crippen LogP contribution in [0.4, 0.5) is 5.82 Å². The fourth-order valence-corrected chi connectivity index (χ4v) is 3.75. The van der Waals surface area contributed by atoms with E-state index in [1.165, 1.54) is 17.1 Å². The molecule has 0 atom stereocenters. The van der Waals surface area contributed by atoms with Gasteiger partial charge in [0.25, 0.3) is 11.5 Å². The Morgan fingerprint density at radius 2 is 1.91 bits per heavy atom. The Kier molecular flexibility index (Phi) is 5.99. The molecule has 0 saturated heterocycles. The lowest BCUT2D eigenvalue weighted by molar-refractivity contribution is 0.102. The van der Waals surface area contributed by atoms with Gasteiger partial charge in [0.05, 0.1) is 23.8 Å². The second kappa shape index (κ2) is 9.40. The van der Waals surface area contributed by atoms with Crippen LogP contribution in [0.5, 0.6) is 11.5 Å². The van der Waals surface area contributed by atoms with Crippen LogP contribution >= 0.6 is 11.6 Å². The standard InChI is InChI=1S/C25H19ClN6O3/c1-31-10-8-22(30-31)24(33)29-23-13-19(7-9-27-23)35-18-5-6-21-20(12-18)25(34)32(15-28-21)14-16-3-2-4-17(26)11-16/h2-13,15H,14H2,1H3,(H,27,29,33). The molecule has 0 radical (unpaired) electrons. The lowest BCUT2D eigenvalue weighted by Gasteiger charge is -2.10. The molecule has 0 aliphatic carbocycles. The minimum atomic E-state index is -0.382. The molecule has 0 bridgehead atoms. The zero-order valence-electron chi connectivity index (χ0n) is 18.6. The van der Waals surface area contributed by atoms with Crippen LogP contribution in [0.25, 0.3) is 10.9 Å². The third kappa shape index (κ3) is 5.04. The van der Waals surface area contributed by atoms with Crippen molar-refractivity contribution in [3.05, 3.63) is 106 Å². The summed E-state index contributed by atoms with van der Waals surface area (Å²) in [5, 5.41) is 7.79. The Balaban J connectivity index is 1.37. The minimum absolute atomic E-state index is 0.196. The number of nitrogens with one attached hydrogen (secondary N) is 1. The van der Waals surface area contributed by atoms with Gasteiger partial charge < -0.3 is 10.1 Å². The summed E-state index contributed by atoms with van der Waals surface area (Å²) in [4.78, 5) is 34.0. The van der Waals surface area contributed by atoms with E-state index in [1.54, 1.807) is 60.4 Å². The third-order valence-electron chi connectivity index (χ3n) is 5.19. The molecule has 0 spiro atoms. The number of nitrogens with zero attached hydrogens (tertiary/aromatic N) is 5. The normalized spacial score (nSPS) is 10.9. The van der Waals surface area contributed by atoms with Crippen molar-refractivity contribution in [2.45, 2.75) is 6.54 Å². The molecule has 0 fully saturated rings. The highest BCUT2D eigenvalue weighted by molar-refractivity contribution is 6.30. The molecule has 3 heterocycles. The summed E-state index contributed by atoms with van der Waals surface area (Å²) in [7, 11) is 1.73. The molecular weight excluding hydrogens is 468 g/mol. The fourth-order valence-electron chi connectivity index (χ4n) is 3.54. The molecule has 10 heteroatoms. The van der Waals surface area contributed by atoms with Crippen LogP contribution in [0, 0.1) is 0 Å². The predicted octanol–water partition coefficient (Wildman–Crippen LogP) is 4.27. The van der Waals surface area contributed by atoms with E-state index in [4.69, 9.17) is 16.3 Å². The average Bonchev–Trinajstić information content (AvgIpc) is 3.28. The number of aryl methyl sites for hydroxylation is 1. The van der Waals surface area contributed by atoms with Gasteiger partial charge in [-0.2, -0.15) is 5.10 Å². The van der Waals surface area contributed by atoms with E-state index in [0.717, 1.165) is 5.56 Å². The van der Waals surface area contributed by atoms with Crippen LogP contribution < -0.4 is 15.6 Å². The van der Waals surface area contributed by atoms with Gasteiger partial charge in [-0.05, 0) is 48.0 Å². The number of pyridine rings is 1. The van der Waals surface area contributed by atoms with Gasteiger partial charge in [-0.15, -0.1) is 0 Å². The molecule has 174 valence electrons. The summed E-state index contributed by atoms with van der Waals surface area (Å²) in [6, 6.07) is 17.3. The Hall–Kier alpha value is -4.50. The van der Waals surface area contributed by atoms with Gasteiger partial charge >= 0.3 is 0 Å². The molecule has 35 heavy (non-hydrogen) atoms. The number of hydrogen-bond acceptors (Lipinski definition) is 6. The largest absolute Gasteiger partial charge is 0.457 e. The first-order valence-electron chi connectivity index (χ1n) is 10.6. The van der Waals surface area contributed by atoms with Gasteiger partial charge in [-0.25, -0.2) is 9.97 Å². The number of carbonyl (C=O) groups is 1. The maximum absolute atomic E-state index is 13.1. The maximum Gasteiger partial charge on any atom is 0.277 e. The van der Waals surface area contributed by atoms with Crippen LogP contribution in [0.1, 0.15) is 16.1 Å². The number of anilines is 1. The van der Waals surface area contributed by atoms with Crippen molar-refractivity contribution in [3.8, 4) is 11.5 Å². The summed E-state index contributed by atoms with van der Waals surface area (Å²) < 4.78 is 9.01. The first-order chi connectivity index (χ1) is 16.9.